The molecule has 1 amide bonds. The van der Waals surface area contributed by atoms with Crippen LogP contribution in [0.5, 0.6) is 0 Å². The number of carbonyl (C=O) groups is 2. The van der Waals surface area contributed by atoms with E-state index in [2.05, 4.69) is 26.2 Å². The number of pyridine rings is 1. The molecule has 33 heavy (non-hydrogen) atoms. The second-order valence-corrected chi connectivity index (χ2v) is 9.10. The van der Waals surface area contributed by atoms with E-state index < -0.39 is 23.4 Å². The summed E-state index contributed by atoms with van der Waals surface area (Å²) in [6.07, 6.45) is -4.49. The Morgan fingerprint density at radius 2 is 1.70 bits per heavy atom. The molecule has 3 N–H and O–H groups in total. The Hall–Kier alpha value is -3.24. The van der Waals surface area contributed by atoms with Gasteiger partial charge in [-0.15, -0.1) is 11.3 Å². The van der Waals surface area contributed by atoms with Crippen molar-refractivity contribution in [3.05, 3.63) is 86.3 Å². The summed E-state index contributed by atoms with van der Waals surface area (Å²) in [5, 5.41) is 3.20. The van der Waals surface area contributed by atoms with Gasteiger partial charge in [0.15, 0.2) is 5.78 Å². The van der Waals surface area contributed by atoms with Crippen molar-refractivity contribution >= 4 is 60.5 Å². The number of thiophene rings is 1. The molecule has 0 radical (unpaired) electrons. The number of fused-ring (bicyclic) bond motifs is 1. The fourth-order valence-corrected chi connectivity index (χ4v) is 4.50. The number of nitrogens with one attached hydrogen (secondary N) is 1. The molecular weight excluding hydrogens is 519 g/mol. The maximum atomic E-state index is 13.0. The highest BCUT2D eigenvalue weighted by molar-refractivity contribution is 9.10. The van der Waals surface area contributed by atoms with Crippen molar-refractivity contribution in [1.82, 2.24) is 4.98 Å². The summed E-state index contributed by atoms with van der Waals surface area (Å²) in [6, 6.07) is 12.5. The zero-order valence-electron chi connectivity index (χ0n) is 17.0. The minimum Gasteiger partial charge on any atom is -0.397 e. The normalized spacial score (nSPS) is 11.5. The first kappa shape index (κ1) is 22.9. The van der Waals surface area contributed by atoms with E-state index in [1.807, 2.05) is 0 Å². The topological polar surface area (TPSA) is 85.1 Å². The third-order valence-electron chi connectivity index (χ3n) is 4.94. The van der Waals surface area contributed by atoms with Gasteiger partial charge in [-0.2, -0.15) is 13.2 Å². The molecule has 4 aromatic rings. The van der Waals surface area contributed by atoms with Gasteiger partial charge in [-0.1, -0.05) is 28.1 Å². The van der Waals surface area contributed by atoms with Gasteiger partial charge in [0.1, 0.15) is 9.71 Å². The van der Waals surface area contributed by atoms with Gasteiger partial charge >= 0.3 is 6.18 Å². The number of alkyl halides is 3. The number of anilines is 2. The van der Waals surface area contributed by atoms with Crippen molar-refractivity contribution < 1.29 is 22.8 Å². The van der Waals surface area contributed by atoms with Crippen molar-refractivity contribution in [2.24, 2.45) is 0 Å². The van der Waals surface area contributed by atoms with Gasteiger partial charge in [-0.25, -0.2) is 4.98 Å². The first-order chi connectivity index (χ1) is 15.5. The number of nitrogen functional groups attached to an aromatic ring is 1. The van der Waals surface area contributed by atoms with Crippen LogP contribution in [0.25, 0.3) is 10.2 Å². The lowest BCUT2D eigenvalue weighted by Gasteiger charge is -2.08. The molecule has 2 heterocycles. The molecule has 0 bridgehead atoms. The number of carbonyl (C=O) groups excluding carboxylic acids is 2. The van der Waals surface area contributed by atoms with E-state index in [9.17, 15) is 22.8 Å². The summed E-state index contributed by atoms with van der Waals surface area (Å²) in [7, 11) is 0. The quantitative estimate of drug-likeness (QED) is 0.295. The predicted octanol–water partition coefficient (Wildman–Crippen LogP) is 6.45. The molecule has 0 saturated heterocycles. The molecule has 10 heteroatoms. The average Bonchev–Trinajstić information content (AvgIpc) is 3.09. The van der Waals surface area contributed by atoms with E-state index in [4.69, 9.17) is 5.73 Å². The van der Waals surface area contributed by atoms with Crippen LogP contribution in [0.1, 0.15) is 36.9 Å². The van der Waals surface area contributed by atoms with Crippen LogP contribution in [0.15, 0.2) is 59.1 Å². The summed E-state index contributed by atoms with van der Waals surface area (Å²) in [5.74, 6) is -0.895. The SMILES string of the molecule is Cc1nc2sc(C(=O)Nc3ccc(Br)cc3)c(N)c2cc1C(=O)c1ccc(C(F)(F)F)cc1. The molecule has 0 atom stereocenters. The number of halogens is 4. The minimum atomic E-state index is -4.49. The Morgan fingerprint density at radius 3 is 2.30 bits per heavy atom. The first-order valence-corrected chi connectivity index (χ1v) is 11.1. The van der Waals surface area contributed by atoms with Gasteiger partial charge in [0.05, 0.1) is 16.9 Å². The number of benzene rings is 2. The maximum Gasteiger partial charge on any atom is 0.416 e. The lowest BCUT2D eigenvalue weighted by molar-refractivity contribution is -0.137. The van der Waals surface area contributed by atoms with Gasteiger partial charge in [0, 0.05) is 26.7 Å². The minimum absolute atomic E-state index is 0.0919. The maximum absolute atomic E-state index is 13.0. The van der Waals surface area contributed by atoms with Crippen LogP contribution in [-0.2, 0) is 6.18 Å². The number of nitrogens with zero attached hydrogens (tertiary/aromatic N) is 1. The molecule has 0 fully saturated rings. The fourth-order valence-electron chi connectivity index (χ4n) is 3.21. The van der Waals surface area contributed by atoms with Crippen molar-refractivity contribution in [2.45, 2.75) is 13.1 Å². The van der Waals surface area contributed by atoms with Gasteiger partial charge in [0.25, 0.3) is 5.91 Å². The van der Waals surface area contributed by atoms with Crippen molar-refractivity contribution in [3.63, 3.8) is 0 Å². The summed E-state index contributed by atoms with van der Waals surface area (Å²) in [6.45, 7) is 1.62. The third kappa shape index (κ3) is 4.62. The molecule has 4 rings (SSSR count). The molecule has 0 aliphatic carbocycles. The van der Waals surface area contributed by atoms with Crippen molar-refractivity contribution in [2.75, 3.05) is 11.1 Å². The van der Waals surface area contributed by atoms with Crippen LogP contribution in [0.4, 0.5) is 24.5 Å². The highest BCUT2D eigenvalue weighted by atomic mass is 79.9. The Morgan fingerprint density at radius 1 is 1.06 bits per heavy atom. The van der Waals surface area contributed by atoms with Crippen LogP contribution in [0.2, 0.25) is 0 Å². The summed E-state index contributed by atoms with van der Waals surface area (Å²) >= 11 is 4.42. The molecule has 2 aromatic heterocycles. The number of ketones is 1. The monoisotopic (exact) mass is 533 g/mol. The number of rotatable bonds is 4. The lowest BCUT2D eigenvalue weighted by atomic mass is 10.00. The molecule has 2 aromatic carbocycles. The Balaban J connectivity index is 1.66. The summed E-state index contributed by atoms with van der Waals surface area (Å²) in [5.41, 5.74) is 6.81. The zero-order valence-corrected chi connectivity index (χ0v) is 19.4. The highest BCUT2D eigenvalue weighted by Gasteiger charge is 2.30. The average molecular weight is 534 g/mol. The van der Waals surface area contributed by atoms with Crippen LogP contribution in [-0.4, -0.2) is 16.7 Å². The summed E-state index contributed by atoms with van der Waals surface area (Å²) < 4.78 is 39.3. The van der Waals surface area contributed by atoms with Crippen LogP contribution >= 0.6 is 27.3 Å². The van der Waals surface area contributed by atoms with Gasteiger partial charge in [-0.05, 0) is 49.4 Å². The molecule has 0 aliphatic heterocycles. The Labute approximate surface area is 198 Å². The second-order valence-electron chi connectivity index (χ2n) is 7.18. The predicted molar refractivity (Wildman–Crippen MR) is 126 cm³/mol. The second kappa shape index (κ2) is 8.60. The number of hydrogen-bond acceptors (Lipinski definition) is 5. The van der Waals surface area contributed by atoms with E-state index in [1.165, 1.54) is 6.07 Å². The number of amides is 1. The molecule has 0 unspecified atom stereocenters. The Kier molecular flexibility index (Phi) is 5.98. The van der Waals surface area contributed by atoms with Crippen molar-refractivity contribution in [1.29, 1.82) is 0 Å². The smallest absolute Gasteiger partial charge is 0.397 e. The van der Waals surface area contributed by atoms with Crippen LogP contribution in [0, 0.1) is 6.92 Å². The van der Waals surface area contributed by atoms with Crippen LogP contribution in [0.3, 0.4) is 0 Å². The highest BCUT2D eigenvalue weighted by Crippen LogP contribution is 2.35. The molecular formula is C23H15BrF3N3O2S. The van der Waals surface area contributed by atoms with E-state index in [-0.39, 0.29) is 21.7 Å². The largest absolute Gasteiger partial charge is 0.416 e. The molecule has 0 saturated carbocycles. The number of hydrogen-bond donors (Lipinski definition) is 2. The third-order valence-corrected chi connectivity index (χ3v) is 6.58. The standard InChI is InChI=1S/C23H15BrF3N3O2S/c1-11-16(19(31)12-2-4-13(5-3-12)23(25,26)27)10-17-18(28)20(33-22(17)29-11)21(32)30-15-8-6-14(24)7-9-15/h2-10H,28H2,1H3,(H,30,32). The van der Waals surface area contributed by atoms with E-state index in [0.29, 0.717) is 21.6 Å². The molecule has 5 nitrogen and oxygen atoms in total. The number of aromatic nitrogens is 1. The Bertz CT molecular complexity index is 1380. The van der Waals surface area contributed by atoms with Gasteiger partial charge in [-0.3, -0.25) is 9.59 Å². The van der Waals surface area contributed by atoms with Crippen molar-refractivity contribution in [3.8, 4) is 0 Å². The van der Waals surface area contributed by atoms with Crippen LogP contribution < -0.4 is 11.1 Å². The molecule has 168 valence electrons. The van der Waals surface area contributed by atoms with E-state index in [0.717, 1.165) is 40.1 Å². The van der Waals surface area contributed by atoms with E-state index >= 15 is 0 Å². The van der Waals surface area contributed by atoms with E-state index in [1.54, 1.807) is 31.2 Å². The first-order valence-electron chi connectivity index (χ1n) is 9.53. The summed E-state index contributed by atoms with van der Waals surface area (Å²) in [4.78, 5) is 30.8. The lowest BCUT2D eigenvalue weighted by Crippen LogP contribution is -2.11. The number of nitrogens with two attached hydrogens (primary N) is 1. The molecule has 0 aliphatic rings. The molecule has 0 spiro atoms. The number of aryl methyl sites for hydroxylation is 1. The van der Waals surface area contributed by atoms with Gasteiger partial charge in [0.2, 0.25) is 0 Å². The fraction of sp³-hybridized carbons (Fsp3) is 0.0870. The zero-order chi connectivity index (χ0) is 23.9. The van der Waals surface area contributed by atoms with Gasteiger partial charge < -0.3 is 11.1 Å².